The highest BCUT2D eigenvalue weighted by atomic mass is 32.2. The third-order valence-electron chi connectivity index (χ3n) is 2.97. The van der Waals surface area contributed by atoms with Crippen molar-refractivity contribution in [1.82, 2.24) is 9.97 Å². The molecule has 0 unspecified atom stereocenters. The molecular weight excluding hydrogens is 308 g/mol. The fourth-order valence-corrected chi connectivity index (χ4v) is 3.60. The molecular formula is C13H18N4O2S2. The topological polar surface area (TPSA) is 90.1 Å². The molecule has 0 aliphatic rings. The quantitative estimate of drug-likeness (QED) is 0.478. The van der Waals surface area contributed by atoms with E-state index in [2.05, 4.69) is 22.3 Å². The molecule has 0 spiro atoms. The average molecular weight is 326 g/mol. The number of aryl methyl sites for hydroxylation is 2. The number of hydrazine groups is 1. The second-order valence-corrected chi connectivity index (χ2v) is 6.58. The van der Waals surface area contributed by atoms with Gasteiger partial charge in [0.2, 0.25) is 0 Å². The van der Waals surface area contributed by atoms with Crippen LogP contribution in [0.15, 0.2) is 0 Å². The fraction of sp³-hybridized carbons (Fsp3) is 0.462. The predicted octanol–water partition coefficient (Wildman–Crippen LogP) is 2.39. The van der Waals surface area contributed by atoms with Gasteiger partial charge in [0.15, 0.2) is 5.82 Å². The van der Waals surface area contributed by atoms with Crippen LogP contribution in [0.25, 0.3) is 10.2 Å². The number of carbonyl (C=O) groups is 1. The summed E-state index contributed by atoms with van der Waals surface area (Å²) in [6.45, 7) is 6.28. The van der Waals surface area contributed by atoms with Gasteiger partial charge in [0.05, 0.1) is 23.5 Å². The third-order valence-corrected chi connectivity index (χ3v) is 4.97. The lowest BCUT2D eigenvalue weighted by Gasteiger charge is -2.06. The maximum Gasteiger partial charge on any atom is 0.315 e. The Balaban J connectivity index is 2.16. The van der Waals surface area contributed by atoms with E-state index in [1.165, 1.54) is 16.6 Å². The summed E-state index contributed by atoms with van der Waals surface area (Å²) in [6, 6.07) is 0. The number of nitrogens with two attached hydrogens (primary N) is 1. The van der Waals surface area contributed by atoms with Crippen LogP contribution in [0.4, 0.5) is 5.82 Å². The molecule has 0 bridgehead atoms. The maximum atomic E-state index is 11.3. The highest BCUT2D eigenvalue weighted by molar-refractivity contribution is 7.99. The number of nitrogens with zero attached hydrogens (tertiary/aromatic N) is 2. The molecule has 2 rings (SSSR count). The number of hydrogen-bond donors (Lipinski definition) is 2. The van der Waals surface area contributed by atoms with E-state index in [9.17, 15) is 4.79 Å². The fourth-order valence-electron chi connectivity index (χ4n) is 1.89. The molecule has 0 radical (unpaired) electrons. The number of rotatable bonds is 6. The lowest BCUT2D eigenvalue weighted by Crippen LogP contribution is -2.11. The van der Waals surface area contributed by atoms with Gasteiger partial charge in [-0.15, -0.1) is 23.1 Å². The van der Waals surface area contributed by atoms with Gasteiger partial charge in [-0.25, -0.2) is 15.8 Å². The molecule has 0 amide bonds. The number of thiophene rings is 1. The van der Waals surface area contributed by atoms with Crippen LogP contribution in [0.2, 0.25) is 0 Å². The van der Waals surface area contributed by atoms with Crippen molar-refractivity contribution in [2.75, 3.05) is 17.8 Å². The van der Waals surface area contributed by atoms with E-state index in [0.717, 1.165) is 15.8 Å². The van der Waals surface area contributed by atoms with E-state index in [1.54, 1.807) is 18.3 Å². The molecule has 8 heteroatoms. The van der Waals surface area contributed by atoms with Crippen LogP contribution >= 0.6 is 23.1 Å². The number of fused-ring (bicyclic) bond motifs is 1. The molecule has 2 aromatic heterocycles. The van der Waals surface area contributed by atoms with Crippen LogP contribution in [-0.2, 0) is 15.3 Å². The zero-order chi connectivity index (χ0) is 15.4. The van der Waals surface area contributed by atoms with Gasteiger partial charge in [0, 0.05) is 4.88 Å². The summed E-state index contributed by atoms with van der Waals surface area (Å²) in [7, 11) is 0. The molecule has 0 saturated carbocycles. The van der Waals surface area contributed by atoms with Crippen molar-refractivity contribution >= 4 is 45.1 Å². The van der Waals surface area contributed by atoms with Crippen LogP contribution in [0.5, 0.6) is 0 Å². The lowest BCUT2D eigenvalue weighted by atomic mass is 10.2. The van der Waals surface area contributed by atoms with E-state index in [1.807, 2.05) is 6.92 Å². The Kier molecular flexibility index (Phi) is 5.38. The molecule has 3 N–H and O–H groups in total. The van der Waals surface area contributed by atoms with Crippen LogP contribution in [0, 0.1) is 13.8 Å². The van der Waals surface area contributed by atoms with Crippen LogP contribution in [0.3, 0.4) is 0 Å². The number of ether oxygens (including phenoxy) is 1. The number of hydrogen-bond acceptors (Lipinski definition) is 8. The van der Waals surface area contributed by atoms with Crippen molar-refractivity contribution in [2.45, 2.75) is 26.5 Å². The minimum Gasteiger partial charge on any atom is -0.465 e. The molecule has 0 atom stereocenters. The summed E-state index contributed by atoms with van der Waals surface area (Å²) < 4.78 is 4.88. The van der Waals surface area contributed by atoms with Gasteiger partial charge in [-0.2, -0.15) is 0 Å². The summed E-state index contributed by atoms with van der Waals surface area (Å²) in [5.41, 5.74) is 3.79. The van der Waals surface area contributed by atoms with E-state index in [-0.39, 0.29) is 5.97 Å². The number of thioether (sulfide) groups is 1. The standard InChI is InChI=1S/C13H18N4O2S2/c1-4-19-10(18)6-20-5-9-15-12(17-14)11-7(2)8(3)21-13(11)16-9/h4-6,14H2,1-3H3,(H,15,16,17). The normalized spacial score (nSPS) is 10.9. The number of anilines is 1. The lowest BCUT2D eigenvalue weighted by molar-refractivity contribution is -0.139. The van der Waals surface area contributed by atoms with Crippen molar-refractivity contribution in [2.24, 2.45) is 5.84 Å². The van der Waals surface area contributed by atoms with Gasteiger partial charge in [0.25, 0.3) is 0 Å². The monoisotopic (exact) mass is 326 g/mol. The molecule has 0 aliphatic heterocycles. The Bertz CT molecular complexity index is 657. The van der Waals surface area contributed by atoms with Crippen LogP contribution in [0.1, 0.15) is 23.2 Å². The SMILES string of the molecule is CCOC(=O)CSCc1nc(NN)c2c(C)c(C)sc2n1. The third kappa shape index (κ3) is 3.63. The van der Waals surface area contributed by atoms with Gasteiger partial charge < -0.3 is 10.2 Å². The Labute approximate surface area is 131 Å². The molecule has 2 heterocycles. The minimum atomic E-state index is -0.219. The smallest absolute Gasteiger partial charge is 0.315 e. The number of carbonyl (C=O) groups excluding carboxylic acids is 1. The highest BCUT2D eigenvalue weighted by Gasteiger charge is 2.14. The molecule has 0 fully saturated rings. The first-order valence-electron chi connectivity index (χ1n) is 6.53. The summed E-state index contributed by atoms with van der Waals surface area (Å²) in [5.74, 6) is 7.47. The predicted molar refractivity (Wildman–Crippen MR) is 87.5 cm³/mol. The molecule has 21 heavy (non-hydrogen) atoms. The highest BCUT2D eigenvalue weighted by Crippen LogP contribution is 2.33. The average Bonchev–Trinajstić information content (AvgIpc) is 2.73. The minimum absolute atomic E-state index is 0.219. The van der Waals surface area contributed by atoms with Crippen LogP contribution < -0.4 is 11.3 Å². The summed E-state index contributed by atoms with van der Waals surface area (Å²) in [4.78, 5) is 22.4. The van der Waals surface area contributed by atoms with E-state index < -0.39 is 0 Å². The van der Waals surface area contributed by atoms with E-state index in [4.69, 9.17) is 10.6 Å². The van der Waals surface area contributed by atoms with Gasteiger partial charge >= 0.3 is 5.97 Å². The van der Waals surface area contributed by atoms with E-state index in [0.29, 0.717) is 29.8 Å². The van der Waals surface area contributed by atoms with Crippen molar-refractivity contribution in [1.29, 1.82) is 0 Å². The molecule has 6 nitrogen and oxygen atoms in total. The molecule has 0 aliphatic carbocycles. The first-order chi connectivity index (χ1) is 10.1. The summed E-state index contributed by atoms with van der Waals surface area (Å²) in [6.07, 6.45) is 0. The van der Waals surface area contributed by atoms with Crippen molar-refractivity contribution < 1.29 is 9.53 Å². The van der Waals surface area contributed by atoms with Gasteiger partial charge in [-0.05, 0) is 26.3 Å². The van der Waals surface area contributed by atoms with Crippen molar-refractivity contribution in [3.8, 4) is 0 Å². The molecule has 2 aromatic rings. The largest absolute Gasteiger partial charge is 0.465 e. The maximum absolute atomic E-state index is 11.3. The number of nitrogen functional groups attached to an aromatic ring is 1. The van der Waals surface area contributed by atoms with Crippen LogP contribution in [-0.4, -0.2) is 28.3 Å². The zero-order valence-corrected chi connectivity index (χ0v) is 13.9. The summed E-state index contributed by atoms with van der Waals surface area (Å²) >= 11 is 3.05. The molecule has 114 valence electrons. The first kappa shape index (κ1) is 16.0. The number of aromatic nitrogens is 2. The second-order valence-electron chi connectivity index (χ2n) is 4.39. The first-order valence-corrected chi connectivity index (χ1v) is 8.50. The van der Waals surface area contributed by atoms with Gasteiger partial charge in [-0.1, -0.05) is 0 Å². The Morgan fingerprint density at radius 2 is 2.19 bits per heavy atom. The summed E-state index contributed by atoms with van der Waals surface area (Å²) in [5, 5.41) is 0.971. The van der Waals surface area contributed by atoms with Gasteiger partial charge in [0.1, 0.15) is 10.7 Å². The van der Waals surface area contributed by atoms with Crippen molar-refractivity contribution in [3.05, 3.63) is 16.3 Å². The van der Waals surface area contributed by atoms with E-state index >= 15 is 0 Å². The number of nitrogens with one attached hydrogen (secondary N) is 1. The second kappa shape index (κ2) is 7.06. The Morgan fingerprint density at radius 3 is 2.86 bits per heavy atom. The Hall–Kier alpha value is -1.38. The van der Waals surface area contributed by atoms with Crippen molar-refractivity contribution in [3.63, 3.8) is 0 Å². The van der Waals surface area contributed by atoms with Gasteiger partial charge in [-0.3, -0.25) is 4.79 Å². The number of esters is 1. The Morgan fingerprint density at radius 1 is 1.43 bits per heavy atom. The zero-order valence-electron chi connectivity index (χ0n) is 12.2. The molecule has 0 aromatic carbocycles. The molecule has 0 saturated heterocycles.